The van der Waals surface area contributed by atoms with Gasteiger partial charge in [0.2, 0.25) is 0 Å². The largest absolute Gasteiger partial charge is 0.573 e. The molecule has 0 aliphatic heterocycles. The molecule has 0 aliphatic rings. The molecule has 2 N–H and O–H groups in total. The number of nitrogens with two attached hydrogens (primary N) is 1. The Labute approximate surface area is 80.5 Å². The van der Waals surface area contributed by atoms with Crippen LogP contribution in [-0.4, -0.2) is 6.36 Å². The zero-order valence-corrected chi connectivity index (χ0v) is 7.93. The molecule has 80 valence electrons. The Morgan fingerprint density at radius 3 is 1.86 bits per heavy atom. The Morgan fingerprint density at radius 2 is 1.50 bits per heavy atom. The molecule has 14 heavy (non-hydrogen) atoms. The van der Waals surface area contributed by atoms with Crippen molar-refractivity contribution in [1.29, 1.82) is 0 Å². The molecule has 0 amide bonds. The first kappa shape index (κ1) is 12.6. The number of alkyl halides is 3. The summed E-state index contributed by atoms with van der Waals surface area (Å²) in [6, 6.07) is 4.98. The van der Waals surface area contributed by atoms with Crippen molar-refractivity contribution in [1.82, 2.24) is 0 Å². The van der Waals surface area contributed by atoms with E-state index in [1.807, 2.05) is 13.8 Å². The number of rotatable bonds is 1. The van der Waals surface area contributed by atoms with Gasteiger partial charge in [-0.2, -0.15) is 0 Å². The van der Waals surface area contributed by atoms with Gasteiger partial charge >= 0.3 is 6.36 Å². The van der Waals surface area contributed by atoms with E-state index in [1.54, 1.807) is 0 Å². The number of benzene rings is 1. The van der Waals surface area contributed by atoms with Gasteiger partial charge in [0.1, 0.15) is 5.75 Å². The summed E-state index contributed by atoms with van der Waals surface area (Å²) in [6.45, 7) is 4.00. The summed E-state index contributed by atoms with van der Waals surface area (Å²) in [7, 11) is 0. The van der Waals surface area contributed by atoms with Crippen LogP contribution in [0.5, 0.6) is 5.75 Å². The van der Waals surface area contributed by atoms with Gasteiger partial charge in [-0.25, -0.2) is 0 Å². The van der Waals surface area contributed by atoms with Crippen LogP contribution in [-0.2, 0) is 0 Å². The standard InChI is InChI=1S/C7H6F3NO.C2H6/c8-7(9,10)12-6-3-1-5(11)2-4-6;1-2/h1-4H,11H2;1-2H3. The summed E-state index contributed by atoms with van der Waals surface area (Å²) in [4.78, 5) is 0. The normalized spacial score (nSPS) is 10.1. The van der Waals surface area contributed by atoms with E-state index in [1.165, 1.54) is 12.1 Å². The Morgan fingerprint density at radius 1 is 1.07 bits per heavy atom. The predicted molar refractivity (Wildman–Crippen MR) is 48.9 cm³/mol. The highest BCUT2D eigenvalue weighted by Gasteiger charge is 2.30. The summed E-state index contributed by atoms with van der Waals surface area (Å²) in [5, 5.41) is 0. The van der Waals surface area contributed by atoms with Crippen molar-refractivity contribution < 1.29 is 17.9 Å². The Bertz CT molecular complexity index is 256. The van der Waals surface area contributed by atoms with Crippen LogP contribution < -0.4 is 10.5 Å². The van der Waals surface area contributed by atoms with Crippen molar-refractivity contribution in [2.45, 2.75) is 20.2 Å². The summed E-state index contributed by atoms with van der Waals surface area (Å²) in [6.07, 6.45) is -4.64. The van der Waals surface area contributed by atoms with Gasteiger partial charge in [-0.15, -0.1) is 13.2 Å². The smallest absolute Gasteiger partial charge is 0.406 e. The lowest BCUT2D eigenvalue weighted by Crippen LogP contribution is -2.16. The third-order valence-electron chi connectivity index (χ3n) is 1.11. The summed E-state index contributed by atoms with van der Waals surface area (Å²) >= 11 is 0. The SMILES string of the molecule is CC.Nc1ccc(OC(F)(F)F)cc1. The van der Waals surface area contributed by atoms with E-state index in [0.717, 1.165) is 12.1 Å². The van der Waals surface area contributed by atoms with E-state index < -0.39 is 6.36 Å². The van der Waals surface area contributed by atoms with E-state index in [2.05, 4.69) is 4.74 Å². The van der Waals surface area contributed by atoms with Crippen LogP contribution in [0.1, 0.15) is 13.8 Å². The van der Waals surface area contributed by atoms with Gasteiger partial charge in [-0.1, -0.05) is 13.8 Å². The quantitative estimate of drug-likeness (QED) is 0.717. The third-order valence-corrected chi connectivity index (χ3v) is 1.11. The Hall–Kier alpha value is -1.39. The Balaban J connectivity index is 0.000000791. The number of nitrogen functional groups attached to an aromatic ring is 1. The number of halogens is 3. The second-order valence-electron chi connectivity index (χ2n) is 2.12. The lowest BCUT2D eigenvalue weighted by atomic mass is 10.3. The Kier molecular flexibility index (Phi) is 4.83. The second-order valence-corrected chi connectivity index (χ2v) is 2.12. The third kappa shape index (κ3) is 5.29. The fourth-order valence-corrected chi connectivity index (χ4v) is 0.669. The molecule has 0 unspecified atom stereocenters. The monoisotopic (exact) mass is 207 g/mol. The van der Waals surface area contributed by atoms with Crippen LogP contribution in [0.25, 0.3) is 0 Å². The fraction of sp³-hybridized carbons (Fsp3) is 0.333. The lowest BCUT2D eigenvalue weighted by molar-refractivity contribution is -0.274. The van der Waals surface area contributed by atoms with Crippen LogP contribution in [0.2, 0.25) is 0 Å². The van der Waals surface area contributed by atoms with Gasteiger partial charge in [-0.05, 0) is 24.3 Å². The summed E-state index contributed by atoms with van der Waals surface area (Å²) in [5.74, 6) is -0.267. The number of hydrogen-bond acceptors (Lipinski definition) is 2. The molecule has 0 aromatic heterocycles. The highest BCUT2D eigenvalue weighted by atomic mass is 19.4. The minimum Gasteiger partial charge on any atom is -0.406 e. The summed E-state index contributed by atoms with van der Waals surface area (Å²) in [5.41, 5.74) is 5.65. The van der Waals surface area contributed by atoms with Crippen molar-refractivity contribution in [3.05, 3.63) is 24.3 Å². The molecular weight excluding hydrogens is 195 g/mol. The van der Waals surface area contributed by atoms with E-state index in [4.69, 9.17) is 5.73 Å². The molecule has 0 fully saturated rings. The molecule has 1 rings (SSSR count). The van der Waals surface area contributed by atoms with Gasteiger partial charge in [0, 0.05) is 5.69 Å². The molecule has 0 atom stereocenters. The maximum absolute atomic E-state index is 11.6. The molecule has 5 heteroatoms. The molecule has 1 aromatic rings. The van der Waals surface area contributed by atoms with E-state index >= 15 is 0 Å². The number of hydrogen-bond donors (Lipinski definition) is 1. The zero-order valence-electron chi connectivity index (χ0n) is 7.93. The van der Waals surface area contributed by atoms with Crippen molar-refractivity contribution in [3.63, 3.8) is 0 Å². The van der Waals surface area contributed by atoms with Crippen LogP contribution in [0.3, 0.4) is 0 Å². The summed E-state index contributed by atoms with van der Waals surface area (Å²) < 4.78 is 38.4. The predicted octanol–water partition coefficient (Wildman–Crippen LogP) is 3.19. The first-order valence-electron chi connectivity index (χ1n) is 4.09. The van der Waals surface area contributed by atoms with Crippen LogP contribution in [0.4, 0.5) is 18.9 Å². The maximum Gasteiger partial charge on any atom is 0.573 e. The topological polar surface area (TPSA) is 35.2 Å². The molecule has 0 heterocycles. The molecule has 0 saturated heterocycles. The first-order chi connectivity index (χ1) is 6.47. The van der Waals surface area contributed by atoms with Gasteiger partial charge in [-0.3, -0.25) is 0 Å². The average molecular weight is 207 g/mol. The van der Waals surface area contributed by atoms with E-state index in [9.17, 15) is 13.2 Å². The van der Waals surface area contributed by atoms with Crippen molar-refractivity contribution >= 4 is 5.69 Å². The first-order valence-corrected chi connectivity index (χ1v) is 4.09. The van der Waals surface area contributed by atoms with Crippen molar-refractivity contribution in [2.24, 2.45) is 0 Å². The fourth-order valence-electron chi connectivity index (χ4n) is 0.669. The van der Waals surface area contributed by atoms with Crippen molar-refractivity contribution in [2.75, 3.05) is 5.73 Å². The van der Waals surface area contributed by atoms with Gasteiger partial charge in [0.15, 0.2) is 0 Å². The van der Waals surface area contributed by atoms with Gasteiger partial charge in [0.25, 0.3) is 0 Å². The molecule has 1 aromatic carbocycles. The van der Waals surface area contributed by atoms with Gasteiger partial charge < -0.3 is 10.5 Å². The van der Waals surface area contributed by atoms with Crippen LogP contribution in [0.15, 0.2) is 24.3 Å². The van der Waals surface area contributed by atoms with Crippen molar-refractivity contribution in [3.8, 4) is 5.75 Å². The minimum absolute atomic E-state index is 0.267. The average Bonchev–Trinajstić information content (AvgIpc) is 2.10. The molecule has 0 radical (unpaired) electrons. The maximum atomic E-state index is 11.6. The minimum atomic E-state index is -4.64. The van der Waals surface area contributed by atoms with Crippen LogP contribution in [0, 0.1) is 0 Å². The highest BCUT2D eigenvalue weighted by Crippen LogP contribution is 2.22. The highest BCUT2D eigenvalue weighted by molar-refractivity contribution is 5.41. The lowest BCUT2D eigenvalue weighted by Gasteiger charge is -2.07. The zero-order chi connectivity index (χ0) is 11.2. The molecule has 0 spiro atoms. The number of anilines is 1. The van der Waals surface area contributed by atoms with E-state index in [-0.39, 0.29) is 5.75 Å². The molecule has 0 aliphatic carbocycles. The molecule has 2 nitrogen and oxygen atoms in total. The number of ether oxygens (including phenoxy) is 1. The second kappa shape index (κ2) is 5.36. The molecule has 0 saturated carbocycles. The molecule has 0 bridgehead atoms. The van der Waals surface area contributed by atoms with Crippen LogP contribution >= 0.6 is 0 Å². The van der Waals surface area contributed by atoms with Gasteiger partial charge in [0.05, 0.1) is 0 Å². The van der Waals surface area contributed by atoms with E-state index in [0.29, 0.717) is 5.69 Å². The molecular formula is C9H12F3NO.